The van der Waals surface area contributed by atoms with E-state index in [-0.39, 0.29) is 12.5 Å². The third-order valence-corrected chi connectivity index (χ3v) is 3.12. The van der Waals surface area contributed by atoms with Gasteiger partial charge in [-0.05, 0) is 24.8 Å². The second-order valence-electron chi connectivity index (χ2n) is 4.69. The topological polar surface area (TPSA) is 64.6 Å². The molecule has 1 saturated heterocycles. The Morgan fingerprint density at radius 2 is 2.10 bits per heavy atom. The smallest absolute Gasteiger partial charge is 0.335 e. The number of nitrogens with one attached hydrogen (secondary N) is 1. The van der Waals surface area contributed by atoms with Crippen molar-refractivity contribution in [2.45, 2.75) is 25.4 Å². The summed E-state index contributed by atoms with van der Waals surface area (Å²) in [5, 5.41) is 2.72. The number of hydrogen-bond acceptors (Lipinski definition) is 4. The zero-order valence-corrected chi connectivity index (χ0v) is 11.3. The maximum atomic E-state index is 11.5. The number of hydrogen-bond donors (Lipinski definition) is 1. The van der Waals surface area contributed by atoms with Crippen molar-refractivity contribution in [1.82, 2.24) is 5.32 Å². The van der Waals surface area contributed by atoms with Crippen molar-refractivity contribution in [2.75, 3.05) is 19.8 Å². The Hall–Kier alpha value is -1.88. The molecule has 0 aliphatic carbocycles. The summed E-state index contributed by atoms with van der Waals surface area (Å²) in [6, 6.07) is 9.88. The van der Waals surface area contributed by atoms with Crippen molar-refractivity contribution < 1.29 is 19.1 Å². The highest BCUT2D eigenvalue weighted by atomic mass is 16.6. The van der Waals surface area contributed by atoms with Gasteiger partial charge in [-0.2, -0.15) is 0 Å². The lowest BCUT2D eigenvalue weighted by Crippen LogP contribution is -2.32. The minimum absolute atomic E-state index is 0.243. The molecule has 0 saturated carbocycles. The molecule has 0 aromatic heterocycles. The Balaban J connectivity index is 1.59. The first kappa shape index (κ1) is 14.5. The lowest BCUT2D eigenvalue weighted by Gasteiger charge is -2.10. The van der Waals surface area contributed by atoms with Gasteiger partial charge in [-0.1, -0.05) is 30.3 Å². The summed E-state index contributed by atoms with van der Waals surface area (Å²) in [7, 11) is 0. The first-order valence-electron chi connectivity index (χ1n) is 6.84. The van der Waals surface area contributed by atoms with Crippen molar-refractivity contribution in [1.29, 1.82) is 0 Å². The van der Waals surface area contributed by atoms with Crippen LogP contribution in [0, 0.1) is 0 Å². The summed E-state index contributed by atoms with van der Waals surface area (Å²) < 4.78 is 10.1. The predicted molar refractivity (Wildman–Crippen MR) is 73.1 cm³/mol. The fourth-order valence-electron chi connectivity index (χ4n) is 2.04. The predicted octanol–water partition coefficient (Wildman–Crippen LogP) is 1.07. The lowest BCUT2D eigenvalue weighted by atomic mass is 10.1. The van der Waals surface area contributed by atoms with Crippen LogP contribution in [0.2, 0.25) is 0 Å². The standard InChI is InChI=1S/C15H19NO4/c17-14(11-20-15(18)13-7-4-10-19-13)16-9-8-12-5-2-1-3-6-12/h1-3,5-6,13H,4,7-11H2,(H,16,17)/t13-/m0/s1. The van der Waals surface area contributed by atoms with E-state index in [1.807, 2.05) is 30.3 Å². The summed E-state index contributed by atoms with van der Waals surface area (Å²) in [6.45, 7) is 0.872. The van der Waals surface area contributed by atoms with Gasteiger partial charge in [0, 0.05) is 13.2 Å². The number of ether oxygens (including phenoxy) is 2. The molecule has 1 fully saturated rings. The largest absolute Gasteiger partial charge is 0.454 e. The van der Waals surface area contributed by atoms with Crippen molar-refractivity contribution in [3.05, 3.63) is 35.9 Å². The Labute approximate surface area is 118 Å². The van der Waals surface area contributed by atoms with Crippen LogP contribution in [-0.4, -0.2) is 37.7 Å². The molecule has 1 aromatic rings. The van der Waals surface area contributed by atoms with Crippen molar-refractivity contribution in [3.63, 3.8) is 0 Å². The Morgan fingerprint density at radius 1 is 1.30 bits per heavy atom. The van der Waals surface area contributed by atoms with E-state index in [2.05, 4.69) is 5.32 Å². The Bertz CT molecular complexity index is 440. The van der Waals surface area contributed by atoms with Gasteiger partial charge in [0.25, 0.3) is 5.91 Å². The van der Waals surface area contributed by atoms with Gasteiger partial charge in [-0.15, -0.1) is 0 Å². The fourth-order valence-corrected chi connectivity index (χ4v) is 2.04. The summed E-state index contributed by atoms with van der Waals surface area (Å²) in [5.41, 5.74) is 1.16. The van der Waals surface area contributed by atoms with Gasteiger partial charge in [-0.3, -0.25) is 4.79 Å². The van der Waals surface area contributed by atoms with Gasteiger partial charge in [0.15, 0.2) is 12.7 Å². The number of benzene rings is 1. The number of carbonyl (C=O) groups excluding carboxylic acids is 2. The highest BCUT2D eigenvalue weighted by Crippen LogP contribution is 2.12. The van der Waals surface area contributed by atoms with Gasteiger partial charge in [0.2, 0.25) is 0 Å². The van der Waals surface area contributed by atoms with E-state index in [0.717, 1.165) is 18.4 Å². The van der Waals surface area contributed by atoms with E-state index in [0.29, 0.717) is 19.6 Å². The first-order valence-corrected chi connectivity index (χ1v) is 6.84. The average molecular weight is 277 g/mol. The monoisotopic (exact) mass is 277 g/mol. The highest BCUT2D eigenvalue weighted by molar-refractivity contribution is 5.82. The van der Waals surface area contributed by atoms with Crippen LogP contribution in [0.15, 0.2) is 30.3 Å². The SMILES string of the molecule is O=C(COC(=O)[C@@H]1CCCO1)NCCc1ccccc1. The van der Waals surface area contributed by atoms with Crippen LogP contribution in [0.25, 0.3) is 0 Å². The zero-order chi connectivity index (χ0) is 14.2. The molecule has 1 N–H and O–H groups in total. The molecule has 0 unspecified atom stereocenters. The van der Waals surface area contributed by atoms with Crippen LogP contribution in [-0.2, 0) is 25.5 Å². The van der Waals surface area contributed by atoms with Crippen LogP contribution >= 0.6 is 0 Å². The number of carbonyl (C=O) groups is 2. The van der Waals surface area contributed by atoms with Crippen LogP contribution in [0.5, 0.6) is 0 Å². The molecule has 5 nitrogen and oxygen atoms in total. The van der Waals surface area contributed by atoms with E-state index in [1.54, 1.807) is 0 Å². The maximum Gasteiger partial charge on any atom is 0.335 e. The highest BCUT2D eigenvalue weighted by Gasteiger charge is 2.25. The van der Waals surface area contributed by atoms with Crippen LogP contribution in [0.4, 0.5) is 0 Å². The molecule has 108 valence electrons. The quantitative estimate of drug-likeness (QED) is 0.790. The number of rotatable bonds is 6. The molecule has 0 bridgehead atoms. The van der Waals surface area contributed by atoms with Crippen LogP contribution in [0.1, 0.15) is 18.4 Å². The maximum absolute atomic E-state index is 11.5. The van der Waals surface area contributed by atoms with Gasteiger partial charge in [0.05, 0.1) is 0 Å². The molecule has 1 aliphatic heterocycles. The lowest BCUT2D eigenvalue weighted by molar-refractivity contribution is -0.157. The fraction of sp³-hybridized carbons (Fsp3) is 0.467. The summed E-state index contributed by atoms with van der Waals surface area (Å²) in [6.07, 6.45) is 1.80. The van der Waals surface area contributed by atoms with E-state index >= 15 is 0 Å². The second kappa shape index (κ2) is 7.65. The molecule has 5 heteroatoms. The summed E-state index contributed by atoms with van der Waals surface area (Å²) >= 11 is 0. The molecule has 1 heterocycles. The Kier molecular flexibility index (Phi) is 5.55. The molecular formula is C15H19NO4. The average Bonchev–Trinajstić information content (AvgIpc) is 3.00. The van der Waals surface area contributed by atoms with Crippen molar-refractivity contribution in [2.24, 2.45) is 0 Å². The van der Waals surface area contributed by atoms with Crippen molar-refractivity contribution in [3.8, 4) is 0 Å². The molecule has 1 atom stereocenters. The van der Waals surface area contributed by atoms with Crippen LogP contribution in [0.3, 0.4) is 0 Å². The van der Waals surface area contributed by atoms with E-state index < -0.39 is 12.1 Å². The minimum atomic E-state index is -0.493. The van der Waals surface area contributed by atoms with E-state index in [9.17, 15) is 9.59 Å². The van der Waals surface area contributed by atoms with Crippen LogP contribution < -0.4 is 5.32 Å². The molecule has 0 spiro atoms. The van der Waals surface area contributed by atoms with Gasteiger partial charge >= 0.3 is 5.97 Å². The molecule has 20 heavy (non-hydrogen) atoms. The molecular weight excluding hydrogens is 258 g/mol. The van der Waals surface area contributed by atoms with Gasteiger partial charge in [0.1, 0.15) is 0 Å². The second-order valence-corrected chi connectivity index (χ2v) is 4.69. The van der Waals surface area contributed by atoms with Crippen molar-refractivity contribution >= 4 is 11.9 Å². The summed E-state index contributed by atoms with van der Waals surface area (Å²) in [4.78, 5) is 23.0. The van der Waals surface area contributed by atoms with Gasteiger partial charge < -0.3 is 14.8 Å². The van der Waals surface area contributed by atoms with Gasteiger partial charge in [-0.25, -0.2) is 4.79 Å². The zero-order valence-electron chi connectivity index (χ0n) is 11.3. The minimum Gasteiger partial charge on any atom is -0.454 e. The molecule has 1 aliphatic rings. The molecule has 1 amide bonds. The third-order valence-electron chi connectivity index (χ3n) is 3.12. The first-order chi connectivity index (χ1) is 9.75. The van der Waals surface area contributed by atoms with E-state index in [1.165, 1.54) is 0 Å². The third kappa shape index (κ3) is 4.66. The Morgan fingerprint density at radius 3 is 2.80 bits per heavy atom. The summed E-state index contributed by atoms with van der Waals surface area (Å²) in [5.74, 6) is -0.729. The normalized spacial score (nSPS) is 17.7. The molecule has 2 rings (SSSR count). The molecule has 1 aromatic carbocycles. The molecule has 0 radical (unpaired) electrons. The number of esters is 1. The van der Waals surface area contributed by atoms with E-state index in [4.69, 9.17) is 9.47 Å². The number of amides is 1.